The van der Waals surface area contributed by atoms with Gasteiger partial charge >= 0.3 is 0 Å². The van der Waals surface area contributed by atoms with Crippen molar-refractivity contribution in [2.45, 2.75) is 12.5 Å². The first-order valence-corrected chi connectivity index (χ1v) is 4.59. The zero-order chi connectivity index (χ0) is 8.48. The van der Waals surface area contributed by atoms with Crippen LogP contribution in [0.25, 0.3) is 0 Å². The molecule has 0 aliphatic carbocycles. The van der Waals surface area contributed by atoms with Crippen molar-refractivity contribution in [1.29, 1.82) is 0 Å². The third-order valence-electron chi connectivity index (χ3n) is 1.31. The van der Waals surface area contributed by atoms with Crippen LogP contribution in [-0.2, 0) is 15.0 Å². The molecule has 1 aliphatic rings. The molecule has 1 heterocycles. The van der Waals surface area contributed by atoms with E-state index >= 15 is 0 Å². The molecule has 6 nitrogen and oxygen atoms in total. The van der Waals surface area contributed by atoms with Gasteiger partial charge in [0.25, 0.3) is 10.2 Å². The zero-order valence-corrected chi connectivity index (χ0v) is 6.52. The van der Waals surface area contributed by atoms with Gasteiger partial charge in [-0.1, -0.05) is 0 Å². The molecule has 0 spiro atoms. The van der Waals surface area contributed by atoms with Crippen molar-refractivity contribution in [3.05, 3.63) is 0 Å². The topological polar surface area (TPSA) is 101 Å². The lowest BCUT2D eigenvalue weighted by Crippen LogP contribution is -2.40. The molecule has 1 fully saturated rings. The first-order valence-electron chi connectivity index (χ1n) is 3.04. The molecular weight excluding hydrogens is 170 g/mol. The van der Waals surface area contributed by atoms with Gasteiger partial charge in [0, 0.05) is 19.0 Å². The van der Waals surface area contributed by atoms with Crippen molar-refractivity contribution in [3.8, 4) is 0 Å². The van der Waals surface area contributed by atoms with E-state index in [-0.39, 0.29) is 12.3 Å². The van der Waals surface area contributed by atoms with Gasteiger partial charge in [-0.3, -0.25) is 4.79 Å². The molecule has 0 aromatic rings. The minimum Gasteiger partial charge on any atom is -0.354 e. The molecule has 7 heteroatoms. The third kappa shape index (κ3) is 2.83. The number of hydrogen-bond donors (Lipinski definition) is 3. The molecule has 0 saturated carbocycles. The van der Waals surface area contributed by atoms with E-state index in [0.29, 0.717) is 6.54 Å². The number of carbonyl (C=O) groups excluding carboxylic acids is 1. The first kappa shape index (κ1) is 8.44. The average Bonchev–Trinajstić information content (AvgIpc) is 2.10. The Bertz CT molecular complexity index is 260. The summed E-state index contributed by atoms with van der Waals surface area (Å²) in [6.45, 7) is 0.315. The highest BCUT2D eigenvalue weighted by Gasteiger charge is 2.23. The third-order valence-corrected chi connectivity index (χ3v) is 1.97. The fourth-order valence-electron chi connectivity index (χ4n) is 0.921. The van der Waals surface area contributed by atoms with Crippen molar-refractivity contribution in [3.63, 3.8) is 0 Å². The largest absolute Gasteiger partial charge is 0.354 e. The molecule has 0 aromatic carbocycles. The molecule has 64 valence electrons. The summed E-state index contributed by atoms with van der Waals surface area (Å²) >= 11 is 0. The molecule has 1 saturated heterocycles. The van der Waals surface area contributed by atoms with Gasteiger partial charge in [-0.25, -0.2) is 5.14 Å². The van der Waals surface area contributed by atoms with E-state index in [1.165, 1.54) is 0 Å². The summed E-state index contributed by atoms with van der Waals surface area (Å²) in [6.07, 6.45) is 0.163. The monoisotopic (exact) mass is 179 g/mol. The lowest BCUT2D eigenvalue weighted by atomic mass is 10.3. The zero-order valence-electron chi connectivity index (χ0n) is 5.70. The average molecular weight is 179 g/mol. The van der Waals surface area contributed by atoms with Crippen LogP contribution >= 0.6 is 0 Å². The van der Waals surface area contributed by atoms with Crippen LogP contribution in [0.1, 0.15) is 6.42 Å². The standard InChI is InChI=1S/C4H9N3O3S/c5-11(9,10)7-3-1-4(8)6-2-3/h3,7H,1-2H2,(H,6,8)(H2,5,9,10). The van der Waals surface area contributed by atoms with Crippen LogP contribution in [0.3, 0.4) is 0 Å². The van der Waals surface area contributed by atoms with Gasteiger partial charge in [0.15, 0.2) is 0 Å². The minimum absolute atomic E-state index is 0.161. The molecule has 1 rings (SSSR count). The number of amides is 1. The van der Waals surface area contributed by atoms with Crippen molar-refractivity contribution in [1.82, 2.24) is 10.0 Å². The minimum atomic E-state index is -3.67. The second-order valence-corrected chi connectivity index (χ2v) is 3.69. The summed E-state index contributed by atoms with van der Waals surface area (Å²) in [5, 5.41) is 7.15. The predicted molar refractivity (Wildman–Crippen MR) is 37.7 cm³/mol. The van der Waals surface area contributed by atoms with E-state index in [1.807, 2.05) is 0 Å². The summed E-state index contributed by atoms with van der Waals surface area (Å²) in [5.41, 5.74) is 0. The van der Waals surface area contributed by atoms with E-state index in [4.69, 9.17) is 0 Å². The highest BCUT2D eigenvalue weighted by molar-refractivity contribution is 7.87. The van der Waals surface area contributed by atoms with Crippen molar-refractivity contribution in [2.75, 3.05) is 6.54 Å². The van der Waals surface area contributed by atoms with E-state index in [9.17, 15) is 13.2 Å². The second kappa shape index (κ2) is 2.76. The molecule has 1 amide bonds. The number of hydrogen-bond acceptors (Lipinski definition) is 3. The SMILES string of the molecule is NS(=O)(=O)NC1CNC(=O)C1. The van der Waals surface area contributed by atoms with E-state index in [0.717, 1.165) is 0 Å². The van der Waals surface area contributed by atoms with Crippen molar-refractivity contribution in [2.24, 2.45) is 5.14 Å². The smallest absolute Gasteiger partial charge is 0.274 e. The Kier molecular flexibility index (Phi) is 2.12. The molecule has 1 unspecified atom stereocenters. The molecule has 1 atom stereocenters. The van der Waals surface area contributed by atoms with Gasteiger partial charge in [0.2, 0.25) is 5.91 Å². The Balaban J connectivity index is 2.47. The van der Waals surface area contributed by atoms with Crippen LogP contribution in [0.2, 0.25) is 0 Å². The number of nitrogens with one attached hydrogen (secondary N) is 2. The van der Waals surface area contributed by atoms with Crippen molar-refractivity contribution < 1.29 is 13.2 Å². The Morgan fingerprint density at radius 1 is 1.64 bits per heavy atom. The summed E-state index contributed by atoms with van der Waals surface area (Å²) < 4.78 is 23.0. The van der Waals surface area contributed by atoms with Crippen LogP contribution in [0.4, 0.5) is 0 Å². The van der Waals surface area contributed by atoms with Gasteiger partial charge in [-0.05, 0) is 0 Å². The Morgan fingerprint density at radius 2 is 2.27 bits per heavy atom. The van der Waals surface area contributed by atoms with E-state index in [1.54, 1.807) is 0 Å². The molecule has 0 bridgehead atoms. The van der Waals surface area contributed by atoms with Gasteiger partial charge in [-0.2, -0.15) is 13.1 Å². The Morgan fingerprint density at radius 3 is 2.64 bits per heavy atom. The number of rotatable bonds is 2. The quantitative estimate of drug-likeness (QED) is 0.443. The maximum atomic E-state index is 10.6. The lowest BCUT2D eigenvalue weighted by molar-refractivity contribution is -0.119. The van der Waals surface area contributed by atoms with Crippen LogP contribution in [-0.4, -0.2) is 26.9 Å². The number of carbonyl (C=O) groups is 1. The molecule has 1 aliphatic heterocycles. The highest BCUT2D eigenvalue weighted by atomic mass is 32.2. The summed E-state index contributed by atoms with van der Waals surface area (Å²) in [6, 6.07) is -0.391. The lowest BCUT2D eigenvalue weighted by Gasteiger charge is -2.05. The summed E-state index contributed by atoms with van der Waals surface area (Å²) in [4.78, 5) is 10.6. The summed E-state index contributed by atoms with van der Waals surface area (Å²) in [5.74, 6) is -0.161. The van der Waals surface area contributed by atoms with Gasteiger partial charge < -0.3 is 5.32 Å². The maximum Gasteiger partial charge on any atom is 0.274 e. The highest BCUT2D eigenvalue weighted by Crippen LogP contribution is 1.98. The van der Waals surface area contributed by atoms with Crippen LogP contribution in [0.5, 0.6) is 0 Å². The Hall–Kier alpha value is -0.660. The first-order chi connectivity index (χ1) is 4.97. The Labute approximate surface area is 64.3 Å². The van der Waals surface area contributed by atoms with Gasteiger partial charge in [0.1, 0.15) is 0 Å². The fraction of sp³-hybridized carbons (Fsp3) is 0.750. The maximum absolute atomic E-state index is 10.6. The van der Waals surface area contributed by atoms with Gasteiger partial charge in [-0.15, -0.1) is 0 Å². The van der Waals surface area contributed by atoms with Crippen LogP contribution in [0, 0.1) is 0 Å². The molecule has 0 radical (unpaired) electrons. The van der Waals surface area contributed by atoms with Crippen LogP contribution < -0.4 is 15.2 Å². The molecular formula is C4H9N3O3S. The van der Waals surface area contributed by atoms with Gasteiger partial charge in [0.05, 0.1) is 0 Å². The predicted octanol–water partition coefficient (Wildman–Crippen LogP) is -2.33. The molecule has 4 N–H and O–H groups in total. The molecule has 11 heavy (non-hydrogen) atoms. The van der Waals surface area contributed by atoms with E-state index in [2.05, 4.69) is 15.2 Å². The second-order valence-electron chi connectivity index (χ2n) is 2.37. The molecule has 0 aromatic heterocycles. The van der Waals surface area contributed by atoms with Crippen molar-refractivity contribution >= 4 is 16.1 Å². The van der Waals surface area contributed by atoms with Crippen LogP contribution in [0.15, 0.2) is 0 Å². The fourth-order valence-corrected chi connectivity index (χ4v) is 1.55. The summed E-state index contributed by atoms with van der Waals surface area (Å²) in [7, 11) is -3.67. The van der Waals surface area contributed by atoms with E-state index < -0.39 is 16.3 Å². The normalized spacial score (nSPS) is 25.2. The number of nitrogens with two attached hydrogens (primary N) is 1.